The van der Waals surface area contributed by atoms with Crippen LogP contribution in [0.2, 0.25) is 0 Å². The predicted octanol–water partition coefficient (Wildman–Crippen LogP) is 4.32. The molecule has 0 saturated carbocycles. The van der Waals surface area contributed by atoms with Crippen LogP contribution in [0.15, 0.2) is 54.6 Å². The van der Waals surface area contributed by atoms with Crippen molar-refractivity contribution < 1.29 is 19.1 Å². The molecule has 1 aliphatic rings. The maximum atomic E-state index is 12.9. The number of rotatable bonds is 5. The van der Waals surface area contributed by atoms with Crippen molar-refractivity contribution in [3.63, 3.8) is 0 Å². The summed E-state index contributed by atoms with van der Waals surface area (Å²) in [6, 6.07) is 15.6. The van der Waals surface area contributed by atoms with Crippen LogP contribution in [0, 0.1) is 12.8 Å². The minimum absolute atomic E-state index is 0.198. The number of ketones is 1. The summed E-state index contributed by atoms with van der Waals surface area (Å²) in [5, 5.41) is 0. The average Bonchev–Trinajstić information content (AvgIpc) is 2.68. The molecule has 4 heteroatoms. The van der Waals surface area contributed by atoms with E-state index in [2.05, 4.69) is 0 Å². The van der Waals surface area contributed by atoms with Gasteiger partial charge in [-0.2, -0.15) is 0 Å². The predicted molar refractivity (Wildman–Crippen MR) is 105 cm³/mol. The fourth-order valence-electron chi connectivity index (χ4n) is 3.52. The van der Waals surface area contributed by atoms with E-state index in [9.17, 15) is 9.59 Å². The van der Waals surface area contributed by atoms with Gasteiger partial charge in [0.05, 0.1) is 13.7 Å². The highest BCUT2D eigenvalue weighted by atomic mass is 16.5. The molecule has 140 valence electrons. The van der Waals surface area contributed by atoms with Gasteiger partial charge in [-0.25, -0.2) is 0 Å². The second-order valence-corrected chi connectivity index (χ2v) is 6.75. The van der Waals surface area contributed by atoms with Gasteiger partial charge in [0, 0.05) is 5.92 Å². The molecule has 2 aromatic rings. The van der Waals surface area contributed by atoms with Crippen LogP contribution in [-0.4, -0.2) is 25.5 Å². The molecule has 2 atom stereocenters. The zero-order valence-electron chi connectivity index (χ0n) is 15.9. The Morgan fingerprint density at radius 1 is 1.07 bits per heavy atom. The molecule has 0 bridgehead atoms. The lowest BCUT2D eigenvalue weighted by Gasteiger charge is -2.29. The summed E-state index contributed by atoms with van der Waals surface area (Å²) in [4.78, 5) is 25.4. The van der Waals surface area contributed by atoms with E-state index in [1.54, 1.807) is 20.1 Å². The van der Waals surface area contributed by atoms with Crippen molar-refractivity contribution in [3.8, 4) is 5.75 Å². The van der Waals surface area contributed by atoms with Crippen molar-refractivity contribution in [1.82, 2.24) is 0 Å². The Morgan fingerprint density at radius 2 is 1.74 bits per heavy atom. The number of hydrogen-bond acceptors (Lipinski definition) is 4. The summed E-state index contributed by atoms with van der Waals surface area (Å²) >= 11 is 0. The molecule has 0 radical (unpaired) electrons. The molecular weight excluding hydrogens is 340 g/mol. The molecule has 1 aliphatic carbocycles. The van der Waals surface area contributed by atoms with Gasteiger partial charge in [0.1, 0.15) is 11.7 Å². The topological polar surface area (TPSA) is 52.6 Å². The molecule has 0 unspecified atom stereocenters. The van der Waals surface area contributed by atoms with Gasteiger partial charge in [-0.15, -0.1) is 0 Å². The van der Waals surface area contributed by atoms with Crippen LogP contribution in [0.25, 0.3) is 5.57 Å². The maximum absolute atomic E-state index is 12.9. The first-order valence-electron chi connectivity index (χ1n) is 9.15. The summed E-state index contributed by atoms with van der Waals surface area (Å²) in [6.45, 7) is 4.04. The molecule has 4 nitrogen and oxygen atoms in total. The van der Waals surface area contributed by atoms with E-state index in [4.69, 9.17) is 9.47 Å². The Balaban J connectivity index is 1.99. The van der Waals surface area contributed by atoms with E-state index in [-0.39, 0.29) is 18.3 Å². The zero-order chi connectivity index (χ0) is 19.4. The highest BCUT2D eigenvalue weighted by Gasteiger charge is 2.39. The van der Waals surface area contributed by atoms with Crippen LogP contribution in [0.4, 0.5) is 0 Å². The van der Waals surface area contributed by atoms with Crippen molar-refractivity contribution in [2.45, 2.75) is 26.2 Å². The number of carbonyl (C=O) groups excluding carboxylic acids is 2. The van der Waals surface area contributed by atoms with Crippen LogP contribution >= 0.6 is 0 Å². The Morgan fingerprint density at radius 3 is 2.33 bits per heavy atom. The largest absolute Gasteiger partial charge is 0.497 e. The number of aryl methyl sites for hydroxylation is 1. The summed E-state index contributed by atoms with van der Waals surface area (Å²) in [5.74, 6) is -0.988. The smallest absolute Gasteiger partial charge is 0.317 e. The van der Waals surface area contributed by atoms with Crippen molar-refractivity contribution in [2.24, 2.45) is 5.92 Å². The van der Waals surface area contributed by atoms with E-state index in [1.165, 1.54) is 0 Å². The standard InChI is InChI=1S/C23H24O4/c1-4-27-23(25)22-20(17-9-11-19(26-3)12-10-17)13-18(14-21(22)24)16-7-5-15(2)6-8-16/h5-12,14,20,22H,4,13H2,1-3H3/t20-,22-/m0/s1. The Labute approximate surface area is 159 Å². The first kappa shape index (κ1) is 18.9. The zero-order valence-corrected chi connectivity index (χ0v) is 15.9. The molecular formula is C23H24O4. The molecule has 0 saturated heterocycles. The lowest BCUT2D eigenvalue weighted by Crippen LogP contribution is -2.34. The minimum atomic E-state index is -0.812. The highest BCUT2D eigenvalue weighted by Crippen LogP contribution is 2.40. The van der Waals surface area contributed by atoms with Crippen LogP contribution in [0.3, 0.4) is 0 Å². The van der Waals surface area contributed by atoms with E-state index in [1.807, 2.05) is 55.5 Å². The SMILES string of the molecule is CCOC(=O)[C@@H]1C(=O)C=C(c2ccc(C)cc2)C[C@H]1c1ccc(OC)cc1. The Hall–Kier alpha value is -2.88. The molecule has 0 aliphatic heterocycles. The summed E-state index contributed by atoms with van der Waals surface area (Å²) in [5.41, 5.74) is 4.05. The van der Waals surface area contributed by atoms with Crippen LogP contribution in [-0.2, 0) is 14.3 Å². The van der Waals surface area contributed by atoms with Crippen LogP contribution in [0.1, 0.15) is 36.0 Å². The van der Waals surface area contributed by atoms with Crippen LogP contribution < -0.4 is 4.74 Å². The second-order valence-electron chi connectivity index (χ2n) is 6.75. The van der Waals surface area contributed by atoms with E-state index in [0.717, 1.165) is 28.0 Å². The van der Waals surface area contributed by atoms with Crippen molar-refractivity contribution >= 4 is 17.3 Å². The first-order valence-corrected chi connectivity index (χ1v) is 9.15. The molecule has 0 fully saturated rings. The molecule has 0 heterocycles. The summed E-state index contributed by atoms with van der Waals surface area (Å²) in [6.07, 6.45) is 2.21. The van der Waals surface area contributed by atoms with Gasteiger partial charge in [-0.05, 0) is 55.2 Å². The van der Waals surface area contributed by atoms with Gasteiger partial charge in [0.25, 0.3) is 0 Å². The third kappa shape index (κ3) is 4.11. The van der Waals surface area contributed by atoms with E-state index >= 15 is 0 Å². The lowest BCUT2D eigenvalue weighted by molar-refractivity contribution is -0.151. The Kier molecular flexibility index (Phi) is 5.75. The summed E-state index contributed by atoms with van der Waals surface area (Å²) in [7, 11) is 1.61. The number of benzene rings is 2. The molecule has 0 N–H and O–H groups in total. The molecule has 3 rings (SSSR count). The number of carbonyl (C=O) groups is 2. The number of ether oxygens (including phenoxy) is 2. The van der Waals surface area contributed by atoms with Gasteiger partial charge in [0.2, 0.25) is 0 Å². The maximum Gasteiger partial charge on any atom is 0.317 e. The van der Waals surface area contributed by atoms with Gasteiger partial charge in [-0.1, -0.05) is 42.0 Å². The molecule has 0 aromatic heterocycles. The average molecular weight is 364 g/mol. The number of methoxy groups -OCH3 is 1. The van der Waals surface area contributed by atoms with E-state index in [0.29, 0.717) is 6.42 Å². The number of esters is 1. The number of allylic oxidation sites excluding steroid dienone is 2. The first-order chi connectivity index (χ1) is 13.0. The number of hydrogen-bond donors (Lipinski definition) is 0. The fraction of sp³-hybridized carbons (Fsp3) is 0.304. The fourth-order valence-corrected chi connectivity index (χ4v) is 3.52. The van der Waals surface area contributed by atoms with Crippen molar-refractivity contribution in [1.29, 1.82) is 0 Å². The normalized spacial score (nSPS) is 19.4. The van der Waals surface area contributed by atoms with Gasteiger partial charge >= 0.3 is 5.97 Å². The lowest BCUT2D eigenvalue weighted by atomic mass is 9.73. The van der Waals surface area contributed by atoms with Crippen molar-refractivity contribution in [3.05, 3.63) is 71.3 Å². The van der Waals surface area contributed by atoms with Crippen LogP contribution in [0.5, 0.6) is 5.75 Å². The molecule has 2 aromatic carbocycles. The highest BCUT2D eigenvalue weighted by molar-refractivity contribution is 6.10. The third-order valence-corrected chi connectivity index (χ3v) is 4.97. The minimum Gasteiger partial charge on any atom is -0.497 e. The Bertz CT molecular complexity index is 847. The van der Waals surface area contributed by atoms with Gasteiger partial charge in [-0.3, -0.25) is 9.59 Å². The second kappa shape index (κ2) is 8.21. The molecule has 27 heavy (non-hydrogen) atoms. The third-order valence-electron chi connectivity index (χ3n) is 4.97. The molecule has 0 amide bonds. The van der Waals surface area contributed by atoms with Gasteiger partial charge < -0.3 is 9.47 Å². The monoisotopic (exact) mass is 364 g/mol. The quantitative estimate of drug-likeness (QED) is 0.586. The van der Waals surface area contributed by atoms with E-state index < -0.39 is 11.9 Å². The molecule has 0 spiro atoms. The summed E-state index contributed by atoms with van der Waals surface area (Å²) < 4.78 is 10.4. The van der Waals surface area contributed by atoms with Gasteiger partial charge in [0.15, 0.2) is 5.78 Å². The van der Waals surface area contributed by atoms with Crippen molar-refractivity contribution in [2.75, 3.05) is 13.7 Å².